The standard InChI is InChI=1S/C12H18O/c1-4-6-12(13)11-8-5-7-9(2)10(11)3/h5,7-8,12-13H,4,6H2,1-3H3/t12-/m0/s1. The third-order valence-corrected chi connectivity index (χ3v) is 2.57. The van der Waals surface area contributed by atoms with Gasteiger partial charge in [-0.25, -0.2) is 0 Å². The Kier molecular flexibility index (Phi) is 3.49. The number of rotatable bonds is 3. The third-order valence-electron chi connectivity index (χ3n) is 2.57. The summed E-state index contributed by atoms with van der Waals surface area (Å²) < 4.78 is 0. The molecule has 1 atom stereocenters. The van der Waals surface area contributed by atoms with Crippen LogP contribution in [-0.4, -0.2) is 5.11 Å². The van der Waals surface area contributed by atoms with Crippen molar-refractivity contribution in [2.75, 3.05) is 0 Å². The molecule has 0 unspecified atom stereocenters. The van der Waals surface area contributed by atoms with Crippen LogP contribution in [0.1, 0.15) is 42.6 Å². The molecule has 0 aliphatic heterocycles. The zero-order chi connectivity index (χ0) is 9.84. The first-order chi connectivity index (χ1) is 6.16. The fourth-order valence-corrected chi connectivity index (χ4v) is 1.56. The van der Waals surface area contributed by atoms with E-state index in [-0.39, 0.29) is 6.10 Å². The highest BCUT2D eigenvalue weighted by molar-refractivity contribution is 5.34. The molecule has 0 heterocycles. The molecular weight excluding hydrogens is 160 g/mol. The zero-order valence-corrected chi connectivity index (χ0v) is 8.67. The summed E-state index contributed by atoms with van der Waals surface area (Å²) >= 11 is 0. The number of aliphatic hydroxyl groups is 1. The topological polar surface area (TPSA) is 20.2 Å². The van der Waals surface area contributed by atoms with Crippen molar-refractivity contribution in [2.24, 2.45) is 0 Å². The van der Waals surface area contributed by atoms with Gasteiger partial charge < -0.3 is 5.11 Å². The van der Waals surface area contributed by atoms with Gasteiger partial charge in [-0.3, -0.25) is 0 Å². The van der Waals surface area contributed by atoms with Crippen LogP contribution in [0, 0.1) is 13.8 Å². The Morgan fingerprint density at radius 3 is 2.62 bits per heavy atom. The normalized spacial score (nSPS) is 12.9. The highest BCUT2D eigenvalue weighted by Crippen LogP contribution is 2.23. The summed E-state index contributed by atoms with van der Waals surface area (Å²) in [6.07, 6.45) is 1.59. The molecule has 0 saturated heterocycles. The largest absolute Gasteiger partial charge is 0.388 e. The maximum atomic E-state index is 9.83. The highest BCUT2D eigenvalue weighted by atomic mass is 16.3. The van der Waals surface area contributed by atoms with E-state index in [1.807, 2.05) is 12.1 Å². The summed E-state index contributed by atoms with van der Waals surface area (Å²) in [6, 6.07) is 6.11. The Hall–Kier alpha value is -0.820. The lowest BCUT2D eigenvalue weighted by Gasteiger charge is -2.14. The predicted molar refractivity (Wildman–Crippen MR) is 55.8 cm³/mol. The first-order valence-electron chi connectivity index (χ1n) is 4.91. The van der Waals surface area contributed by atoms with Crippen molar-refractivity contribution in [3.8, 4) is 0 Å². The van der Waals surface area contributed by atoms with Crippen molar-refractivity contribution in [3.05, 3.63) is 34.9 Å². The van der Waals surface area contributed by atoms with Gasteiger partial charge in [-0.05, 0) is 37.0 Å². The van der Waals surface area contributed by atoms with Gasteiger partial charge in [0.25, 0.3) is 0 Å². The Bertz CT molecular complexity index is 278. The molecule has 0 spiro atoms. The molecule has 0 aromatic heterocycles. The molecule has 1 heteroatoms. The molecule has 1 N–H and O–H groups in total. The minimum absolute atomic E-state index is 0.287. The molecule has 0 aliphatic rings. The molecule has 0 radical (unpaired) electrons. The molecule has 0 aliphatic carbocycles. The molecule has 1 nitrogen and oxygen atoms in total. The number of benzene rings is 1. The highest BCUT2D eigenvalue weighted by Gasteiger charge is 2.09. The zero-order valence-electron chi connectivity index (χ0n) is 8.67. The van der Waals surface area contributed by atoms with Gasteiger partial charge in [0.2, 0.25) is 0 Å². The molecule has 0 fully saturated rings. The maximum Gasteiger partial charge on any atom is 0.0792 e. The van der Waals surface area contributed by atoms with Crippen molar-refractivity contribution in [1.82, 2.24) is 0 Å². The Morgan fingerprint density at radius 1 is 1.31 bits per heavy atom. The van der Waals surface area contributed by atoms with Crippen LogP contribution in [0.3, 0.4) is 0 Å². The van der Waals surface area contributed by atoms with Crippen LogP contribution < -0.4 is 0 Å². The van der Waals surface area contributed by atoms with Gasteiger partial charge in [0.1, 0.15) is 0 Å². The Morgan fingerprint density at radius 2 is 2.00 bits per heavy atom. The molecule has 13 heavy (non-hydrogen) atoms. The van der Waals surface area contributed by atoms with Crippen LogP contribution in [0.5, 0.6) is 0 Å². The van der Waals surface area contributed by atoms with Gasteiger partial charge in [-0.2, -0.15) is 0 Å². The third kappa shape index (κ3) is 2.31. The van der Waals surface area contributed by atoms with E-state index in [0.29, 0.717) is 0 Å². The van der Waals surface area contributed by atoms with Crippen LogP contribution in [0.25, 0.3) is 0 Å². The van der Waals surface area contributed by atoms with E-state index in [2.05, 4.69) is 26.8 Å². The van der Waals surface area contributed by atoms with Crippen LogP contribution in [0.2, 0.25) is 0 Å². The summed E-state index contributed by atoms with van der Waals surface area (Å²) in [5.41, 5.74) is 3.57. The van der Waals surface area contributed by atoms with Gasteiger partial charge in [0, 0.05) is 0 Å². The van der Waals surface area contributed by atoms with E-state index in [1.165, 1.54) is 11.1 Å². The maximum absolute atomic E-state index is 9.83. The molecular formula is C12H18O. The SMILES string of the molecule is CCC[C@H](O)c1cccc(C)c1C. The summed E-state index contributed by atoms with van der Waals surface area (Å²) in [5.74, 6) is 0. The van der Waals surface area contributed by atoms with Crippen LogP contribution >= 0.6 is 0 Å². The summed E-state index contributed by atoms with van der Waals surface area (Å²) in [5, 5.41) is 9.83. The summed E-state index contributed by atoms with van der Waals surface area (Å²) in [7, 11) is 0. The molecule has 0 saturated carbocycles. The molecule has 72 valence electrons. The van der Waals surface area contributed by atoms with E-state index in [1.54, 1.807) is 0 Å². The second kappa shape index (κ2) is 4.43. The lowest BCUT2D eigenvalue weighted by molar-refractivity contribution is 0.165. The average Bonchev–Trinajstić information content (AvgIpc) is 2.10. The number of hydrogen-bond donors (Lipinski definition) is 1. The molecule has 0 bridgehead atoms. The lowest BCUT2D eigenvalue weighted by Crippen LogP contribution is -2.00. The van der Waals surface area contributed by atoms with Gasteiger partial charge in [-0.1, -0.05) is 31.5 Å². The summed E-state index contributed by atoms with van der Waals surface area (Å²) in [4.78, 5) is 0. The monoisotopic (exact) mass is 178 g/mol. The fourth-order valence-electron chi connectivity index (χ4n) is 1.56. The minimum atomic E-state index is -0.287. The van der Waals surface area contributed by atoms with Crippen molar-refractivity contribution in [1.29, 1.82) is 0 Å². The smallest absolute Gasteiger partial charge is 0.0792 e. The molecule has 1 rings (SSSR count). The van der Waals surface area contributed by atoms with E-state index >= 15 is 0 Å². The van der Waals surface area contributed by atoms with Crippen molar-refractivity contribution in [3.63, 3.8) is 0 Å². The summed E-state index contributed by atoms with van der Waals surface area (Å²) in [6.45, 7) is 6.25. The number of hydrogen-bond acceptors (Lipinski definition) is 1. The van der Waals surface area contributed by atoms with Gasteiger partial charge in [-0.15, -0.1) is 0 Å². The number of aliphatic hydroxyl groups excluding tert-OH is 1. The van der Waals surface area contributed by atoms with E-state index in [9.17, 15) is 5.11 Å². The first-order valence-corrected chi connectivity index (χ1v) is 4.91. The second-order valence-corrected chi connectivity index (χ2v) is 3.59. The van der Waals surface area contributed by atoms with E-state index in [0.717, 1.165) is 18.4 Å². The first kappa shape index (κ1) is 10.3. The fraction of sp³-hybridized carbons (Fsp3) is 0.500. The molecule has 1 aromatic carbocycles. The quantitative estimate of drug-likeness (QED) is 0.754. The average molecular weight is 178 g/mol. The number of aryl methyl sites for hydroxylation is 1. The van der Waals surface area contributed by atoms with E-state index < -0.39 is 0 Å². The second-order valence-electron chi connectivity index (χ2n) is 3.59. The Labute approximate surface area is 80.4 Å². The van der Waals surface area contributed by atoms with Crippen molar-refractivity contribution < 1.29 is 5.11 Å². The van der Waals surface area contributed by atoms with Crippen molar-refractivity contribution in [2.45, 2.75) is 39.7 Å². The van der Waals surface area contributed by atoms with Crippen LogP contribution in [0.4, 0.5) is 0 Å². The predicted octanol–water partition coefficient (Wildman–Crippen LogP) is 3.14. The van der Waals surface area contributed by atoms with Gasteiger partial charge in [0.05, 0.1) is 6.10 Å². The van der Waals surface area contributed by atoms with E-state index in [4.69, 9.17) is 0 Å². The molecule has 0 amide bonds. The van der Waals surface area contributed by atoms with Crippen molar-refractivity contribution >= 4 is 0 Å². The van der Waals surface area contributed by atoms with Crippen LogP contribution in [-0.2, 0) is 0 Å². The Balaban J connectivity index is 2.93. The minimum Gasteiger partial charge on any atom is -0.388 e. The van der Waals surface area contributed by atoms with Crippen LogP contribution in [0.15, 0.2) is 18.2 Å². The lowest BCUT2D eigenvalue weighted by atomic mass is 9.97. The molecule has 1 aromatic rings. The van der Waals surface area contributed by atoms with Gasteiger partial charge >= 0.3 is 0 Å². The van der Waals surface area contributed by atoms with Gasteiger partial charge in [0.15, 0.2) is 0 Å².